The lowest BCUT2D eigenvalue weighted by Crippen LogP contribution is -2.50. The predicted octanol–water partition coefficient (Wildman–Crippen LogP) is -12.0. The molecule has 0 aliphatic carbocycles. The Hall–Kier alpha value is -1.72. The van der Waals surface area contributed by atoms with E-state index in [4.69, 9.17) is 126 Å². The fourth-order valence-electron chi connectivity index (χ4n) is 17.5. The molecule has 0 heterocycles. The Bertz CT molecular complexity index is 1970. The van der Waals surface area contributed by atoms with Crippen LogP contribution in [0.3, 0.4) is 0 Å². The Morgan fingerprint density at radius 1 is 0.0803 bits per heavy atom. The Balaban J connectivity index is 0. The Labute approximate surface area is 839 Å². The molecule has 0 aliphatic heterocycles. The summed E-state index contributed by atoms with van der Waals surface area (Å²) in [5.74, 6) is 0. The molecule has 0 aromatic rings. The van der Waals surface area contributed by atoms with Gasteiger partial charge in [-0.25, -0.2) is 0 Å². The number of nitrogens with zero attached hydrogens (tertiary/aromatic N) is 18. The van der Waals surface area contributed by atoms with Crippen molar-refractivity contribution in [2.45, 2.75) is 77.0 Å². The van der Waals surface area contributed by atoms with E-state index >= 15 is 0 Å². The van der Waals surface area contributed by atoms with Crippen molar-refractivity contribution in [2.24, 2.45) is 126 Å². The molecule has 0 amide bonds. The number of hydrogen-bond acceptors (Lipinski definition) is 43. The summed E-state index contributed by atoms with van der Waals surface area (Å²) >= 11 is 0. The van der Waals surface area contributed by atoms with E-state index in [-0.39, 0.29) is 0 Å². The average Bonchev–Trinajstić information content (AvgIpc) is 0.906. The molecule has 0 rings (SSSR count). The standard InChI is InChI=1S/C58H148N30.C36H87N13/c59-1-17-75(18-2-60)33-41-83(42-34-76(19-3-61)20-4-62)49-53-87(54-50-84(43-35-77(21-5-63)22-6-64)44-36-78(23-7-65)24-8-66)57-58-88(55-51-85(45-37-79(25-9-67)26-10-68)46-38-80(27-11-69)28-12-70)56-52-86(47-39-81(29-13-71)30-14-72)48-40-82(31-15-73)32-16-74;37-13-1-19-43-21-7-30-48(31-10-24-45-23-9-29-46(25-3-15-39)26-4-16-40)34-12-36-49(32-8-22-44-20-2-14-38)35-11-33-47(27-5-17-41)28-6-18-42/h1-74H2;43-45H,1-42H2. The van der Waals surface area contributed by atoms with Crippen LogP contribution in [0.5, 0.6) is 0 Å². The summed E-state index contributed by atoms with van der Waals surface area (Å²) in [5.41, 5.74) is 133. The van der Waals surface area contributed by atoms with Gasteiger partial charge in [-0.1, -0.05) is 0 Å². The summed E-state index contributed by atoms with van der Waals surface area (Å²) in [6, 6.07) is 0. The number of hydrogen-bond donors (Lipinski definition) is 25. The minimum absolute atomic E-state index is 0.591. The van der Waals surface area contributed by atoms with Crippen LogP contribution in [-0.4, -0.2) is 625 Å². The van der Waals surface area contributed by atoms with Gasteiger partial charge < -0.3 is 162 Å². The van der Waals surface area contributed by atoms with Gasteiger partial charge in [0.1, 0.15) is 0 Å². The molecule has 0 unspecified atom stereocenters. The molecule has 0 atom stereocenters. The smallest absolute Gasteiger partial charge is 0.0110 e. The second-order valence-electron chi connectivity index (χ2n) is 37.0. The molecule has 0 aliphatic rings. The first-order valence-electron chi connectivity index (χ1n) is 54.7. The van der Waals surface area contributed by atoms with E-state index < -0.39 is 0 Å². The van der Waals surface area contributed by atoms with E-state index in [0.717, 1.165) is 470 Å². The van der Waals surface area contributed by atoms with E-state index in [0.29, 0.717) is 105 Å². The first-order valence-corrected chi connectivity index (χ1v) is 54.7. The first-order chi connectivity index (χ1) is 67.1. The second-order valence-corrected chi connectivity index (χ2v) is 37.0. The van der Waals surface area contributed by atoms with E-state index in [2.05, 4.69) is 104 Å². The summed E-state index contributed by atoms with van der Waals surface area (Å²) < 4.78 is 0. The van der Waals surface area contributed by atoms with Crippen LogP contribution in [0.15, 0.2) is 0 Å². The summed E-state index contributed by atoms with van der Waals surface area (Å²) in [4.78, 5) is 45.6. The number of rotatable bonds is 113. The number of nitrogens with two attached hydrogens (primary N) is 22. The lowest BCUT2D eigenvalue weighted by Gasteiger charge is -2.36. The summed E-state index contributed by atoms with van der Waals surface area (Å²) in [6.45, 7) is 70.0. The van der Waals surface area contributed by atoms with Gasteiger partial charge in [-0.05, 0) is 234 Å². The third-order valence-corrected chi connectivity index (χ3v) is 25.7. The van der Waals surface area contributed by atoms with Gasteiger partial charge >= 0.3 is 0 Å². The molecule has 0 aromatic carbocycles. The van der Waals surface area contributed by atoms with Gasteiger partial charge in [-0.3, -0.25) is 68.6 Å². The van der Waals surface area contributed by atoms with E-state index in [1.54, 1.807) is 0 Å². The maximum Gasteiger partial charge on any atom is 0.0110 e. The van der Waals surface area contributed by atoms with Crippen LogP contribution < -0.4 is 142 Å². The van der Waals surface area contributed by atoms with Crippen molar-refractivity contribution in [3.8, 4) is 0 Å². The van der Waals surface area contributed by atoms with Crippen LogP contribution in [0.1, 0.15) is 77.0 Å². The molecule has 0 spiro atoms. The van der Waals surface area contributed by atoms with Crippen LogP contribution in [0.25, 0.3) is 0 Å². The van der Waals surface area contributed by atoms with Gasteiger partial charge in [0.2, 0.25) is 0 Å². The fourth-order valence-corrected chi connectivity index (χ4v) is 17.5. The normalized spacial score (nSPS) is 12.5. The molecule has 43 heteroatoms. The van der Waals surface area contributed by atoms with E-state index in [1.165, 1.54) is 38.5 Å². The van der Waals surface area contributed by atoms with Crippen molar-refractivity contribution in [1.29, 1.82) is 0 Å². The lowest BCUT2D eigenvalue weighted by atomic mass is 10.2. The molecule has 0 radical (unpaired) electrons. The highest BCUT2D eigenvalue weighted by molar-refractivity contribution is 4.81. The predicted molar refractivity (Wildman–Crippen MR) is 589 cm³/mol. The van der Waals surface area contributed by atoms with Crippen molar-refractivity contribution in [3.05, 3.63) is 0 Å². The number of nitrogens with one attached hydrogen (secondary N) is 3. The lowest BCUT2D eigenvalue weighted by molar-refractivity contribution is 0.115. The van der Waals surface area contributed by atoms with Crippen molar-refractivity contribution >= 4 is 0 Å². The molecular weight excluding hydrogens is 1730 g/mol. The SMILES string of the molecule is NCCCNCCCN(CCCNCCCN(CCCN)CCCN)CCCN(CCCNCCCN)CCCN(CCCN)CCCN.NCCN(CCN)CCN(CCN(CCN)CCN)CCN(CCN(CCN(CCN)CCN)CCN(CCN)CCN)CCN(CCN(CCN(CCN)CCN)CCN(CCN)CCN)CCN(CCN(CCN)CCN)CCN(CCN)CCN. The maximum atomic E-state index is 6.14. The highest BCUT2D eigenvalue weighted by Gasteiger charge is 2.23. The van der Waals surface area contributed by atoms with Crippen molar-refractivity contribution < 1.29 is 0 Å². The van der Waals surface area contributed by atoms with E-state index in [9.17, 15) is 0 Å². The first kappa shape index (κ1) is 137. The third-order valence-electron chi connectivity index (χ3n) is 25.7. The minimum atomic E-state index is 0.591. The largest absolute Gasteiger partial charge is 0.330 e. The van der Waals surface area contributed by atoms with Crippen molar-refractivity contribution in [3.63, 3.8) is 0 Å². The minimum Gasteiger partial charge on any atom is -0.330 e. The van der Waals surface area contributed by atoms with Crippen LogP contribution in [0, 0.1) is 0 Å². The molecule has 0 saturated heterocycles. The van der Waals surface area contributed by atoms with Gasteiger partial charge in [0.25, 0.3) is 0 Å². The molecule has 137 heavy (non-hydrogen) atoms. The van der Waals surface area contributed by atoms with E-state index in [1.807, 2.05) is 0 Å². The maximum absolute atomic E-state index is 6.14. The summed E-state index contributed by atoms with van der Waals surface area (Å²) in [6.07, 6.45) is 13.4. The van der Waals surface area contributed by atoms with Gasteiger partial charge in [0.15, 0.2) is 0 Å². The van der Waals surface area contributed by atoms with Crippen molar-refractivity contribution in [1.82, 2.24) is 104 Å². The summed E-state index contributed by atoms with van der Waals surface area (Å²) in [5, 5.41) is 10.8. The molecule has 0 bridgehead atoms. The van der Waals surface area contributed by atoms with Gasteiger partial charge in [-0.2, -0.15) is 0 Å². The van der Waals surface area contributed by atoms with Gasteiger partial charge in [0, 0.05) is 380 Å². The highest BCUT2D eigenvalue weighted by atomic mass is 15.3. The average molecular weight is 1970 g/mol. The van der Waals surface area contributed by atoms with Crippen molar-refractivity contribution in [2.75, 3.05) is 537 Å². The molecule has 43 nitrogen and oxygen atoms in total. The monoisotopic (exact) mass is 1970 g/mol. The molecular formula is C94H235N43. The van der Waals surface area contributed by atoms with Crippen LogP contribution in [0.2, 0.25) is 0 Å². The van der Waals surface area contributed by atoms with Gasteiger partial charge in [0.05, 0.1) is 0 Å². The van der Waals surface area contributed by atoms with Crippen LogP contribution in [0.4, 0.5) is 0 Å². The zero-order valence-corrected chi connectivity index (χ0v) is 88.7. The summed E-state index contributed by atoms with van der Waals surface area (Å²) in [7, 11) is 0. The molecule has 826 valence electrons. The van der Waals surface area contributed by atoms with Gasteiger partial charge in [-0.15, -0.1) is 0 Å². The third kappa shape index (κ3) is 86.0. The zero-order chi connectivity index (χ0) is 101. The topological polar surface area (TPSA) is 667 Å². The Morgan fingerprint density at radius 2 is 0.168 bits per heavy atom. The fraction of sp³-hybridized carbons (Fsp3) is 1.00. The molecule has 47 N–H and O–H groups in total. The Morgan fingerprint density at radius 3 is 0.277 bits per heavy atom. The molecule has 0 fully saturated rings. The second kappa shape index (κ2) is 107. The quantitative estimate of drug-likeness (QED) is 0.0251. The van der Waals surface area contributed by atoms with Crippen LogP contribution in [-0.2, 0) is 0 Å². The molecule has 0 aromatic heterocycles. The Kier molecular flexibility index (Phi) is 107. The van der Waals surface area contributed by atoms with Crippen LogP contribution >= 0.6 is 0 Å². The molecule has 0 saturated carbocycles. The zero-order valence-electron chi connectivity index (χ0n) is 88.7. The highest BCUT2D eigenvalue weighted by Crippen LogP contribution is 2.09.